The zero-order valence-electron chi connectivity index (χ0n) is 23.3. The standard InChI is InChI=1S/C31H36BrN3O5S/c1-40-29-15-9-8-14-27(29)35(41(2,38)39)22-30(36)34(21-24-16-18-25(32)19-17-24)28(20-23-10-4-3-5-11-23)31(37)33-26-12-6-7-13-26/h3-5,8-11,14-19,26,28H,6-7,12-13,20-22H2,1-2H3,(H,33,37)/t28-/m1/s1. The Bertz CT molecular complexity index is 1430. The van der Waals surface area contributed by atoms with Crippen LogP contribution in [0.4, 0.5) is 5.69 Å². The number of ether oxygens (including phenoxy) is 1. The highest BCUT2D eigenvalue weighted by Gasteiger charge is 2.34. The van der Waals surface area contributed by atoms with E-state index in [1.807, 2.05) is 54.6 Å². The van der Waals surface area contributed by atoms with Crippen molar-refractivity contribution in [3.8, 4) is 5.75 Å². The van der Waals surface area contributed by atoms with Crippen LogP contribution in [-0.2, 0) is 32.6 Å². The summed E-state index contributed by atoms with van der Waals surface area (Å²) in [5.41, 5.74) is 1.97. The van der Waals surface area contributed by atoms with Gasteiger partial charge in [-0.2, -0.15) is 0 Å². The van der Waals surface area contributed by atoms with Crippen LogP contribution in [-0.4, -0.2) is 57.1 Å². The summed E-state index contributed by atoms with van der Waals surface area (Å²) in [5.74, 6) is -0.411. The number of amides is 2. The van der Waals surface area contributed by atoms with E-state index in [-0.39, 0.29) is 30.6 Å². The van der Waals surface area contributed by atoms with Crippen molar-refractivity contribution >= 4 is 43.5 Å². The molecule has 10 heteroatoms. The molecule has 41 heavy (non-hydrogen) atoms. The fraction of sp³-hybridized carbons (Fsp3) is 0.355. The topological polar surface area (TPSA) is 96.0 Å². The highest BCUT2D eigenvalue weighted by molar-refractivity contribution is 9.10. The Labute approximate surface area is 250 Å². The Morgan fingerprint density at radius 2 is 1.59 bits per heavy atom. The average molecular weight is 643 g/mol. The summed E-state index contributed by atoms with van der Waals surface area (Å²) < 4.78 is 33.3. The molecule has 0 unspecified atom stereocenters. The minimum atomic E-state index is -3.88. The maximum Gasteiger partial charge on any atom is 0.244 e. The van der Waals surface area contributed by atoms with E-state index in [0.717, 1.165) is 51.8 Å². The summed E-state index contributed by atoms with van der Waals surface area (Å²) in [5, 5.41) is 3.17. The van der Waals surface area contributed by atoms with Gasteiger partial charge in [0.25, 0.3) is 0 Å². The number of hydrogen-bond donors (Lipinski definition) is 1. The first-order valence-corrected chi connectivity index (χ1v) is 16.3. The van der Waals surface area contributed by atoms with Crippen LogP contribution in [0.5, 0.6) is 5.75 Å². The van der Waals surface area contributed by atoms with Gasteiger partial charge in [0.1, 0.15) is 18.3 Å². The molecule has 1 atom stereocenters. The zero-order valence-corrected chi connectivity index (χ0v) is 25.7. The van der Waals surface area contributed by atoms with Crippen molar-refractivity contribution in [2.75, 3.05) is 24.2 Å². The predicted molar refractivity (Wildman–Crippen MR) is 164 cm³/mol. The monoisotopic (exact) mass is 641 g/mol. The largest absolute Gasteiger partial charge is 0.495 e. The van der Waals surface area contributed by atoms with Gasteiger partial charge in [-0.1, -0.05) is 83.4 Å². The predicted octanol–water partition coefficient (Wildman–Crippen LogP) is 4.92. The lowest BCUT2D eigenvalue weighted by molar-refractivity contribution is -0.140. The van der Waals surface area contributed by atoms with Gasteiger partial charge in [-0.3, -0.25) is 13.9 Å². The molecule has 0 radical (unpaired) electrons. The fourth-order valence-corrected chi connectivity index (χ4v) is 6.26. The van der Waals surface area contributed by atoms with Gasteiger partial charge >= 0.3 is 0 Å². The summed E-state index contributed by atoms with van der Waals surface area (Å²) in [6.45, 7) is -0.358. The molecular weight excluding hydrogens is 606 g/mol. The lowest BCUT2D eigenvalue weighted by Gasteiger charge is -2.34. The van der Waals surface area contributed by atoms with E-state index in [0.29, 0.717) is 5.75 Å². The van der Waals surface area contributed by atoms with E-state index in [4.69, 9.17) is 4.74 Å². The number of benzene rings is 3. The normalized spacial score (nSPS) is 14.3. The molecular formula is C31H36BrN3O5S. The average Bonchev–Trinajstić information content (AvgIpc) is 3.47. The third kappa shape index (κ3) is 8.33. The van der Waals surface area contributed by atoms with Crippen LogP contribution in [0.3, 0.4) is 0 Å². The zero-order chi connectivity index (χ0) is 29.4. The molecule has 1 N–H and O–H groups in total. The lowest BCUT2D eigenvalue weighted by atomic mass is 10.0. The number of rotatable bonds is 12. The Kier molecular flexibility index (Phi) is 10.4. The van der Waals surface area contributed by atoms with Crippen molar-refractivity contribution in [1.29, 1.82) is 0 Å². The first kappa shape index (κ1) is 30.6. The maximum atomic E-state index is 14.2. The summed E-state index contributed by atoms with van der Waals surface area (Å²) in [6, 6.07) is 22.9. The van der Waals surface area contributed by atoms with E-state index >= 15 is 0 Å². The number of carbonyl (C=O) groups excluding carboxylic acids is 2. The van der Waals surface area contributed by atoms with Gasteiger partial charge in [0, 0.05) is 23.5 Å². The molecule has 0 aliphatic heterocycles. The number of nitrogens with zero attached hydrogens (tertiary/aromatic N) is 2. The van der Waals surface area contributed by atoms with Crippen molar-refractivity contribution in [1.82, 2.24) is 10.2 Å². The molecule has 0 heterocycles. The van der Waals surface area contributed by atoms with E-state index < -0.39 is 28.5 Å². The maximum absolute atomic E-state index is 14.2. The van der Waals surface area contributed by atoms with Crippen LogP contribution in [0.1, 0.15) is 36.8 Å². The smallest absolute Gasteiger partial charge is 0.244 e. The number of sulfonamides is 1. The molecule has 218 valence electrons. The summed E-state index contributed by atoms with van der Waals surface area (Å²) in [4.78, 5) is 29.6. The number of hydrogen-bond acceptors (Lipinski definition) is 5. The van der Waals surface area contributed by atoms with Gasteiger partial charge in [0.05, 0.1) is 19.1 Å². The van der Waals surface area contributed by atoms with Crippen LogP contribution < -0.4 is 14.4 Å². The SMILES string of the molecule is COc1ccccc1N(CC(=O)N(Cc1ccc(Br)cc1)[C@H](Cc1ccccc1)C(=O)NC1CCCC1)S(C)(=O)=O. The lowest BCUT2D eigenvalue weighted by Crippen LogP contribution is -2.54. The quantitative estimate of drug-likeness (QED) is 0.303. The van der Waals surface area contributed by atoms with Crippen molar-refractivity contribution in [3.05, 3.63) is 94.5 Å². The molecule has 2 amide bonds. The van der Waals surface area contributed by atoms with Crippen molar-refractivity contribution < 1.29 is 22.7 Å². The Hall–Kier alpha value is -3.37. The van der Waals surface area contributed by atoms with Gasteiger partial charge in [-0.05, 0) is 48.2 Å². The molecule has 0 saturated heterocycles. The van der Waals surface area contributed by atoms with E-state index in [9.17, 15) is 18.0 Å². The molecule has 3 aromatic rings. The number of nitrogens with one attached hydrogen (secondary N) is 1. The second-order valence-corrected chi connectivity index (χ2v) is 13.1. The number of halogens is 1. The number of carbonyl (C=O) groups is 2. The van der Waals surface area contributed by atoms with E-state index in [1.54, 1.807) is 24.3 Å². The molecule has 0 spiro atoms. The molecule has 0 aromatic heterocycles. The van der Waals surface area contributed by atoms with Crippen molar-refractivity contribution in [2.45, 2.75) is 50.7 Å². The van der Waals surface area contributed by atoms with Crippen LogP contribution in [0.2, 0.25) is 0 Å². The molecule has 1 aliphatic carbocycles. The van der Waals surface area contributed by atoms with Crippen LogP contribution in [0, 0.1) is 0 Å². The third-order valence-electron chi connectivity index (χ3n) is 7.27. The second-order valence-electron chi connectivity index (χ2n) is 10.3. The third-order valence-corrected chi connectivity index (χ3v) is 8.93. The van der Waals surface area contributed by atoms with Gasteiger partial charge in [-0.15, -0.1) is 0 Å². The first-order chi connectivity index (χ1) is 19.7. The fourth-order valence-electron chi connectivity index (χ4n) is 5.14. The molecule has 0 bridgehead atoms. The number of para-hydroxylation sites is 2. The van der Waals surface area contributed by atoms with Gasteiger partial charge in [0.15, 0.2) is 0 Å². The van der Waals surface area contributed by atoms with E-state index in [2.05, 4.69) is 21.2 Å². The Morgan fingerprint density at radius 3 is 2.22 bits per heavy atom. The first-order valence-electron chi connectivity index (χ1n) is 13.6. The highest BCUT2D eigenvalue weighted by atomic mass is 79.9. The highest BCUT2D eigenvalue weighted by Crippen LogP contribution is 2.30. The molecule has 1 aliphatic rings. The van der Waals surface area contributed by atoms with E-state index in [1.165, 1.54) is 12.0 Å². The van der Waals surface area contributed by atoms with Crippen LogP contribution in [0.15, 0.2) is 83.3 Å². The van der Waals surface area contributed by atoms with Gasteiger partial charge in [-0.25, -0.2) is 8.42 Å². The molecule has 4 rings (SSSR count). The minimum Gasteiger partial charge on any atom is -0.495 e. The number of methoxy groups -OCH3 is 1. The molecule has 1 fully saturated rings. The Morgan fingerprint density at radius 1 is 0.951 bits per heavy atom. The molecule has 8 nitrogen and oxygen atoms in total. The van der Waals surface area contributed by atoms with Crippen LogP contribution >= 0.6 is 15.9 Å². The second kappa shape index (κ2) is 14.0. The van der Waals surface area contributed by atoms with Crippen molar-refractivity contribution in [3.63, 3.8) is 0 Å². The molecule has 3 aromatic carbocycles. The van der Waals surface area contributed by atoms with Crippen LogP contribution in [0.25, 0.3) is 0 Å². The Balaban J connectivity index is 1.73. The van der Waals surface area contributed by atoms with Crippen molar-refractivity contribution in [2.24, 2.45) is 0 Å². The molecule has 1 saturated carbocycles. The summed E-state index contributed by atoms with van der Waals surface area (Å²) in [7, 11) is -2.43. The number of anilines is 1. The summed E-state index contributed by atoms with van der Waals surface area (Å²) in [6.07, 6.45) is 5.26. The summed E-state index contributed by atoms with van der Waals surface area (Å²) >= 11 is 3.45. The van der Waals surface area contributed by atoms with Gasteiger partial charge in [0.2, 0.25) is 21.8 Å². The van der Waals surface area contributed by atoms with Gasteiger partial charge < -0.3 is 15.0 Å². The minimum absolute atomic E-state index is 0.0616.